The Morgan fingerprint density at radius 2 is 2.00 bits per heavy atom. The van der Waals surface area contributed by atoms with Crippen molar-refractivity contribution in [2.75, 3.05) is 17.4 Å². The van der Waals surface area contributed by atoms with Crippen LogP contribution in [-0.4, -0.2) is 37.2 Å². The lowest BCUT2D eigenvalue weighted by Crippen LogP contribution is -2.30. The fourth-order valence-electron chi connectivity index (χ4n) is 3.46. The summed E-state index contributed by atoms with van der Waals surface area (Å²) in [6.45, 7) is 3.30. The Morgan fingerprint density at radius 3 is 2.79 bits per heavy atom. The third-order valence-corrected chi connectivity index (χ3v) is 6.73. The monoisotopic (exact) mass is 410 g/mol. The molecule has 7 nitrogen and oxygen atoms in total. The maximum Gasteiger partial charge on any atom is 0.264 e. The van der Waals surface area contributed by atoms with Crippen LogP contribution < -0.4 is 9.62 Å². The lowest BCUT2D eigenvalue weighted by Gasteiger charge is -2.20. The van der Waals surface area contributed by atoms with Crippen LogP contribution in [0.25, 0.3) is 0 Å². The molecule has 1 N–H and O–H groups in total. The molecule has 8 heteroatoms. The Bertz CT molecular complexity index is 1150. The molecule has 0 saturated carbocycles. The van der Waals surface area contributed by atoms with Gasteiger partial charge in [0.05, 0.1) is 23.3 Å². The minimum absolute atomic E-state index is 0.115. The van der Waals surface area contributed by atoms with Gasteiger partial charge in [0.25, 0.3) is 15.9 Å². The molecule has 0 saturated heterocycles. The summed E-state index contributed by atoms with van der Waals surface area (Å²) in [5.41, 5.74) is 3.09. The summed E-state index contributed by atoms with van der Waals surface area (Å²) in [5.74, 6) is -0.312. The first-order valence-corrected chi connectivity index (χ1v) is 10.9. The van der Waals surface area contributed by atoms with Crippen LogP contribution >= 0.6 is 0 Å². The average molecular weight is 410 g/mol. The molecule has 29 heavy (non-hydrogen) atoms. The van der Waals surface area contributed by atoms with Gasteiger partial charge in [-0.2, -0.15) is 5.10 Å². The van der Waals surface area contributed by atoms with Crippen LogP contribution in [0.5, 0.6) is 0 Å². The standard InChI is InChI=1S/C21H22N4O3S/c1-16-14-23-24(15-16)12-10-22-21(26)18-6-4-7-19(13-18)29(27,28)25-11-9-17-5-2-3-8-20(17)25/h2-8,13-15H,9-12H2,1H3,(H,22,26). The second-order valence-electron chi connectivity index (χ2n) is 7.02. The van der Waals surface area contributed by atoms with E-state index in [1.54, 1.807) is 23.0 Å². The maximum atomic E-state index is 13.2. The number of hydrogen-bond donors (Lipinski definition) is 1. The van der Waals surface area contributed by atoms with Crippen LogP contribution in [0.4, 0.5) is 5.69 Å². The zero-order valence-electron chi connectivity index (χ0n) is 16.1. The van der Waals surface area contributed by atoms with E-state index in [1.807, 2.05) is 37.4 Å². The number of rotatable bonds is 6. The number of aryl methyl sites for hydroxylation is 1. The predicted octanol–water partition coefficient (Wildman–Crippen LogP) is 2.37. The minimum Gasteiger partial charge on any atom is -0.350 e. The molecule has 3 aromatic rings. The van der Waals surface area contributed by atoms with E-state index in [-0.39, 0.29) is 10.8 Å². The third-order valence-electron chi connectivity index (χ3n) is 4.92. The maximum absolute atomic E-state index is 13.2. The molecule has 1 amide bonds. The van der Waals surface area contributed by atoms with Gasteiger partial charge in [0.2, 0.25) is 0 Å². The highest BCUT2D eigenvalue weighted by molar-refractivity contribution is 7.92. The molecular weight excluding hydrogens is 388 g/mol. The van der Waals surface area contributed by atoms with Gasteiger partial charge in [-0.25, -0.2) is 8.42 Å². The van der Waals surface area contributed by atoms with Crippen molar-refractivity contribution in [2.24, 2.45) is 0 Å². The smallest absolute Gasteiger partial charge is 0.264 e. The number of benzene rings is 2. The van der Waals surface area contributed by atoms with Gasteiger partial charge in [0.15, 0.2) is 0 Å². The van der Waals surface area contributed by atoms with Crippen molar-refractivity contribution in [1.29, 1.82) is 0 Å². The lowest BCUT2D eigenvalue weighted by atomic mass is 10.2. The molecular formula is C21H22N4O3S. The lowest BCUT2D eigenvalue weighted by molar-refractivity contribution is 0.0951. The fourth-order valence-corrected chi connectivity index (χ4v) is 5.01. The Kier molecular flexibility index (Phi) is 5.10. The topological polar surface area (TPSA) is 84.3 Å². The van der Waals surface area contributed by atoms with Crippen molar-refractivity contribution in [1.82, 2.24) is 15.1 Å². The van der Waals surface area contributed by atoms with E-state index in [9.17, 15) is 13.2 Å². The molecule has 150 valence electrons. The number of sulfonamides is 1. The van der Waals surface area contributed by atoms with Gasteiger partial charge in [-0.05, 0) is 48.7 Å². The zero-order valence-corrected chi connectivity index (χ0v) is 16.9. The van der Waals surface area contributed by atoms with E-state index < -0.39 is 10.0 Å². The molecule has 1 aliphatic rings. The van der Waals surface area contributed by atoms with Crippen LogP contribution in [0.15, 0.2) is 65.8 Å². The molecule has 2 heterocycles. The number of anilines is 1. The van der Waals surface area contributed by atoms with E-state index >= 15 is 0 Å². The molecule has 4 rings (SSSR count). The van der Waals surface area contributed by atoms with Crippen molar-refractivity contribution in [2.45, 2.75) is 24.8 Å². The highest BCUT2D eigenvalue weighted by Crippen LogP contribution is 2.32. The van der Waals surface area contributed by atoms with E-state index in [2.05, 4.69) is 10.4 Å². The molecule has 1 aliphatic heterocycles. The van der Waals surface area contributed by atoms with Gasteiger partial charge in [0, 0.05) is 24.8 Å². The number of carbonyl (C=O) groups is 1. The van der Waals surface area contributed by atoms with Crippen molar-refractivity contribution in [3.63, 3.8) is 0 Å². The van der Waals surface area contributed by atoms with Crippen molar-refractivity contribution < 1.29 is 13.2 Å². The summed E-state index contributed by atoms with van der Waals surface area (Å²) in [4.78, 5) is 12.6. The van der Waals surface area contributed by atoms with Crippen LogP contribution in [0.2, 0.25) is 0 Å². The second kappa shape index (κ2) is 7.71. The number of fused-ring (bicyclic) bond motifs is 1. The van der Waals surface area contributed by atoms with Crippen LogP contribution in [-0.2, 0) is 23.0 Å². The molecule has 0 spiro atoms. The summed E-state index contributed by atoms with van der Waals surface area (Å²) < 4.78 is 29.5. The van der Waals surface area contributed by atoms with E-state index in [0.717, 1.165) is 11.1 Å². The Labute approximate surface area is 170 Å². The number of aromatic nitrogens is 2. The average Bonchev–Trinajstić information content (AvgIpc) is 3.34. The van der Waals surface area contributed by atoms with Gasteiger partial charge in [-0.15, -0.1) is 0 Å². The highest BCUT2D eigenvalue weighted by Gasteiger charge is 2.30. The third kappa shape index (κ3) is 3.88. The predicted molar refractivity (Wildman–Crippen MR) is 110 cm³/mol. The van der Waals surface area contributed by atoms with Crippen LogP contribution in [0.1, 0.15) is 21.5 Å². The molecule has 0 atom stereocenters. The summed E-state index contributed by atoms with van der Waals surface area (Å²) in [6.07, 6.45) is 4.34. The molecule has 0 bridgehead atoms. The van der Waals surface area contributed by atoms with Crippen molar-refractivity contribution in [3.8, 4) is 0 Å². The van der Waals surface area contributed by atoms with Crippen LogP contribution in [0, 0.1) is 6.92 Å². The van der Waals surface area contributed by atoms with Gasteiger partial charge in [-0.3, -0.25) is 13.8 Å². The van der Waals surface area contributed by atoms with Gasteiger partial charge in [0.1, 0.15) is 0 Å². The highest BCUT2D eigenvalue weighted by atomic mass is 32.2. The first kappa shape index (κ1) is 19.2. The quantitative estimate of drug-likeness (QED) is 0.676. The van der Waals surface area contributed by atoms with Crippen molar-refractivity contribution >= 4 is 21.6 Å². The molecule has 0 aliphatic carbocycles. The molecule has 1 aromatic heterocycles. The van der Waals surface area contributed by atoms with Crippen molar-refractivity contribution in [3.05, 3.63) is 77.6 Å². The Hall–Kier alpha value is -3.13. The Morgan fingerprint density at radius 1 is 1.17 bits per heavy atom. The largest absolute Gasteiger partial charge is 0.350 e. The number of para-hydroxylation sites is 1. The SMILES string of the molecule is Cc1cnn(CCNC(=O)c2cccc(S(=O)(=O)N3CCc4ccccc43)c2)c1. The number of carbonyl (C=O) groups excluding carboxylic acids is 1. The molecule has 2 aromatic carbocycles. The first-order valence-electron chi connectivity index (χ1n) is 9.43. The first-order chi connectivity index (χ1) is 13.9. The Balaban J connectivity index is 1.48. The normalized spacial score (nSPS) is 13.3. The van der Waals surface area contributed by atoms with Gasteiger partial charge in [-0.1, -0.05) is 24.3 Å². The fraction of sp³-hybridized carbons (Fsp3) is 0.238. The molecule has 0 radical (unpaired) electrons. The van der Waals surface area contributed by atoms with E-state index in [4.69, 9.17) is 0 Å². The minimum atomic E-state index is -3.73. The summed E-state index contributed by atoms with van der Waals surface area (Å²) in [7, 11) is -3.73. The zero-order chi connectivity index (χ0) is 20.4. The van der Waals surface area contributed by atoms with E-state index in [1.165, 1.54) is 16.4 Å². The number of nitrogens with one attached hydrogen (secondary N) is 1. The molecule has 0 unspecified atom stereocenters. The summed E-state index contributed by atoms with van der Waals surface area (Å²) >= 11 is 0. The van der Waals surface area contributed by atoms with Gasteiger partial charge >= 0.3 is 0 Å². The number of amides is 1. The number of nitrogens with zero attached hydrogens (tertiary/aromatic N) is 3. The van der Waals surface area contributed by atoms with E-state index in [0.29, 0.717) is 37.3 Å². The van der Waals surface area contributed by atoms with Crippen LogP contribution in [0.3, 0.4) is 0 Å². The summed E-state index contributed by atoms with van der Waals surface area (Å²) in [6, 6.07) is 13.7. The second-order valence-corrected chi connectivity index (χ2v) is 8.88. The molecule has 0 fully saturated rings. The van der Waals surface area contributed by atoms with Gasteiger partial charge < -0.3 is 5.32 Å². The number of hydrogen-bond acceptors (Lipinski definition) is 4. The summed E-state index contributed by atoms with van der Waals surface area (Å²) in [5, 5.41) is 6.99.